The molecule has 2 rings (SSSR count). The van der Waals surface area contributed by atoms with Crippen LogP contribution in [0, 0.1) is 11.8 Å². The molecule has 1 fully saturated rings. The van der Waals surface area contributed by atoms with Crippen LogP contribution in [0.4, 0.5) is 0 Å². The summed E-state index contributed by atoms with van der Waals surface area (Å²) in [4.78, 5) is 26.8. The van der Waals surface area contributed by atoms with E-state index in [0.717, 1.165) is 19.0 Å². The molecule has 6 heteroatoms. The molecule has 25 heavy (non-hydrogen) atoms. The fourth-order valence-electron chi connectivity index (χ4n) is 3.24. The fourth-order valence-corrected chi connectivity index (χ4v) is 3.24. The van der Waals surface area contributed by atoms with Gasteiger partial charge < -0.3 is 15.1 Å². The Bertz CT molecular complexity index is 548. The standard InChI is InChI=1S/C19H31N3O3/c1-13(2)17(22-8-5-14(3)6-9-22)11-20-18(23)15(4)21-19(24)16-7-10-25-12-16/h7,10,12-15,17H,5-6,8-9,11H2,1-4H3,(H,20,23)(H,21,24). The minimum atomic E-state index is -0.586. The third-order valence-corrected chi connectivity index (χ3v) is 5.07. The molecule has 0 aliphatic carbocycles. The summed E-state index contributed by atoms with van der Waals surface area (Å²) in [6.45, 7) is 11.2. The molecule has 0 aromatic carbocycles. The molecule has 6 nitrogen and oxygen atoms in total. The highest BCUT2D eigenvalue weighted by Crippen LogP contribution is 2.21. The molecular weight excluding hydrogens is 318 g/mol. The van der Waals surface area contributed by atoms with Crippen LogP contribution in [-0.2, 0) is 4.79 Å². The van der Waals surface area contributed by atoms with Gasteiger partial charge >= 0.3 is 0 Å². The molecule has 2 heterocycles. The molecule has 0 radical (unpaired) electrons. The van der Waals surface area contributed by atoms with Crippen LogP contribution in [0.1, 0.15) is 50.9 Å². The number of amides is 2. The van der Waals surface area contributed by atoms with Gasteiger partial charge in [0.05, 0.1) is 11.8 Å². The van der Waals surface area contributed by atoms with E-state index in [1.165, 1.54) is 25.4 Å². The molecule has 1 aromatic rings. The molecule has 2 amide bonds. The SMILES string of the molecule is CC1CCN(C(CNC(=O)C(C)NC(=O)c2ccoc2)C(C)C)CC1. The number of rotatable bonds is 7. The van der Waals surface area contributed by atoms with Crippen molar-refractivity contribution in [3.05, 3.63) is 24.2 Å². The van der Waals surface area contributed by atoms with Crippen molar-refractivity contribution >= 4 is 11.8 Å². The van der Waals surface area contributed by atoms with Gasteiger partial charge in [-0.05, 0) is 50.8 Å². The molecule has 0 spiro atoms. The van der Waals surface area contributed by atoms with Gasteiger partial charge in [0.25, 0.3) is 5.91 Å². The smallest absolute Gasteiger partial charge is 0.255 e. The topological polar surface area (TPSA) is 74.6 Å². The summed E-state index contributed by atoms with van der Waals surface area (Å²) in [5.74, 6) is 0.788. The summed E-state index contributed by atoms with van der Waals surface area (Å²) in [6, 6.07) is 1.32. The summed E-state index contributed by atoms with van der Waals surface area (Å²) in [5, 5.41) is 5.70. The Kier molecular flexibility index (Phi) is 7.05. The van der Waals surface area contributed by atoms with E-state index in [2.05, 4.69) is 36.3 Å². The summed E-state index contributed by atoms with van der Waals surface area (Å²) < 4.78 is 4.89. The average molecular weight is 349 g/mol. The fraction of sp³-hybridized carbons (Fsp3) is 0.684. The maximum Gasteiger partial charge on any atom is 0.255 e. The molecule has 1 aliphatic rings. The van der Waals surface area contributed by atoms with Gasteiger partial charge in [-0.15, -0.1) is 0 Å². The Morgan fingerprint density at radius 3 is 2.52 bits per heavy atom. The van der Waals surface area contributed by atoms with Gasteiger partial charge in [0.2, 0.25) is 5.91 Å². The lowest BCUT2D eigenvalue weighted by Gasteiger charge is -2.39. The van der Waals surface area contributed by atoms with Crippen molar-refractivity contribution in [3.8, 4) is 0 Å². The van der Waals surface area contributed by atoms with Crippen molar-refractivity contribution in [1.29, 1.82) is 0 Å². The summed E-state index contributed by atoms with van der Waals surface area (Å²) >= 11 is 0. The lowest BCUT2D eigenvalue weighted by atomic mass is 9.94. The zero-order valence-electron chi connectivity index (χ0n) is 15.7. The minimum Gasteiger partial charge on any atom is -0.472 e. The number of nitrogens with one attached hydrogen (secondary N) is 2. The summed E-state index contributed by atoms with van der Waals surface area (Å²) in [7, 11) is 0. The second-order valence-electron chi connectivity index (χ2n) is 7.48. The van der Waals surface area contributed by atoms with E-state index in [4.69, 9.17) is 4.42 Å². The van der Waals surface area contributed by atoms with E-state index in [9.17, 15) is 9.59 Å². The van der Waals surface area contributed by atoms with Gasteiger partial charge in [0.1, 0.15) is 12.3 Å². The second kappa shape index (κ2) is 9.04. The zero-order valence-corrected chi connectivity index (χ0v) is 15.7. The lowest BCUT2D eigenvalue weighted by molar-refractivity contribution is -0.123. The Balaban J connectivity index is 1.82. The Labute approximate surface area is 150 Å². The van der Waals surface area contributed by atoms with Gasteiger partial charge in [-0.3, -0.25) is 14.5 Å². The van der Waals surface area contributed by atoms with Crippen LogP contribution in [-0.4, -0.2) is 48.4 Å². The first kappa shape index (κ1) is 19.5. The van der Waals surface area contributed by atoms with Crippen molar-refractivity contribution in [3.63, 3.8) is 0 Å². The van der Waals surface area contributed by atoms with Crippen LogP contribution in [0.15, 0.2) is 23.0 Å². The highest BCUT2D eigenvalue weighted by molar-refractivity contribution is 5.97. The van der Waals surface area contributed by atoms with Crippen molar-refractivity contribution in [1.82, 2.24) is 15.5 Å². The van der Waals surface area contributed by atoms with Crippen molar-refractivity contribution in [2.45, 2.75) is 52.6 Å². The van der Waals surface area contributed by atoms with Crippen LogP contribution < -0.4 is 10.6 Å². The maximum absolute atomic E-state index is 12.3. The third kappa shape index (κ3) is 5.59. The quantitative estimate of drug-likeness (QED) is 0.792. The molecular formula is C19H31N3O3. The number of likely N-dealkylation sites (tertiary alicyclic amines) is 1. The first-order valence-corrected chi connectivity index (χ1v) is 9.23. The van der Waals surface area contributed by atoms with Crippen LogP contribution >= 0.6 is 0 Å². The average Bonchev–Trinajstić information content (AvgIpc) is 3.10. The lowest BCUT2D eigenvalue weighted by Crippen LogP contribution is -2.52. The number of carbonyl (C=O) groups excluding carboxylic acids is 2. The molecule has 2 atom stereocenters. The third-order valence-electron chi connectivity index (χ3n) is 5.07. The van der Waals surface area contributed by atoms with Crippen molar-refractivity contribution in [2.75, 3.05) is 19.6 Å². The maximum atomic E-state index is 12.3. The molecule has 2 N–H and O–H groups in total. The molecule has 1 aliphatic heterocycles. The highest BCUT2D eigenvalue weighted by atomic mass is 16.3. The van der Waals surface area contributed by atoms with Crippen LogP contribution in [0.25, 0.3) is 0 Å². The van der Waals surface area contributed by atoms with Crippen LogP contribution in [0.3, 0.4) is 0 Å². The Hall–Kier alpha value is -1.82. The van der Waals surface area contributed by atoms with Crippen molar-refractivity contribution < 1.29 is 14.0 Å². The molecule has 0 bridgehead atoms. The number of piperidine rings is 1. The van der Waals surface area contributed by atoms with E-state index in [0.29, 0.717) is 24.1 Å². The Morgan fingerprint density at radius 1 is 1.28 bits per heavy atom. The molecule has 1 aromatic heterocycles. The van der Waals surface area contributed by atoms with Gasteiger partial charge in [-0.25, -0.2) is 0 Å². The van der Waals surface area contributed by atoms with Crippen molar-refractivity contribution in [2.24, 2.45) is 11.8 Å². The number of hydrogen-bond acceptors (Lipinski definition) is 4. The van der Waals surface area contributed by atoms with Gasteiger partial charge in [0.15, 0.2) is 0 Å². The number of hydrogen-bond donors (Lipinski definition) is 2. The van der Waals surface area contributed by atoms with E-state index in [-0.39, 0.29) is 11.8 Å². The highest BCUT2D eigenvalue weighted by Gasteiger charge is 2.26. The second-order valence-corrected chi connectivity index (χ2v) is 7.48. The predicted molar refractivity (Wildman–Crippen MR) is 97.2 cm³/mol. The summed E-state index contributed by atoms with van der Waals surface area (Å²) in [5.41, 5.74) is 0.419. The minimum absolute atomic E-state index is 0.159. The summed E-state index contributed by atoms with van der Waals surface area (Å²) in [6.07, 6.45) is 5.24. The predicted octanol–water partition coefficient (Wildman–Crippen LogP) is 2.27. The first-order valence-electron chi connectivity index (χ1n) is 9.23. The first-order chi connectivity index (χ1) is 11.9. The van der Waals surface area contributed by atoms with E-state index < -0.39 is 6.04 Å². The van der Waals surface area contributed by atoms with E-state index >= 15 is 0 Å². The zero-order chi connectivity index (χ0) is 18.4. The van der Waals surface area contributed by atoms with E-state index in [1.54, 1.807) is 13.0 Å². The number of nitrogens with zero attached hydrogens (tertiary/aromatic N) is 1. The number of carbonyl (C=O) groups is 2. The molecule has 140 valence electrons. The largest absolute Gasteiger partial charge is 0.472 e. The molecule has 1 saturated heterocycles. The monoisotopic (exact) mass is 349 g/mol. The van der Waals surface area contributed by atoms with Gasteiger partial charge in [-0.1, -0.05) is 20.8 Å². The number of furan rings is 1. The van der Waals surface area contributed by atoms with Crippen LogP contribution in [0.5, 0.6) is 0 Å². The van der Waals surface area contributed by atoms with Gasteiger partial charge in [-0.2, -0.15) is 0 Å². The van der Waals surface area contributed by atoms with E-state index in [1.807, 2.05) is 0 Å². The molecule has 2 unspecified atom stereocenters. The normalized spacial score (nSPS) is 18.8. The Morgan fingerprint density at radius 2 is 1.96 bits per heavy atom. The molecule has 0 saturated carbocycles. The van der Waals surface area contributed by atoms with Gasteiger partial charge in [0, 0.05) is 12.6 Å². The van der Waals surface area contributed by atoms with Crippen LogP contribution in [0.2, 0.25) is 0 Å².